The summed E-state index contributed by atoms with van der Waals surface area (Å²) >= 11 is 3.50. The van der Waals surface area contributed by atoms with Crippen molar-refractivity contribution >= 4 is 45.9 Å². The summed E-state index contributed by atoms with van der Waals surface area (Å²) in [6, 6.07) is 9.05. The molecule has 3 N–H and O–H groups in total. The van der Waals surface area contributed by atoms with Crippen LogP contribution in [-0.2, 0) is 6.54 Å². The number of benzene rings is 1. The van der Waals surface area contributed by atoms with Gasteiger partial charge in [-0.3, -0.25) is 9.89 Å². The molecular weight excluding hydrogens is 531 g/mol. The van der Waals surface area contributed by atoms with Crippen molar-refractivity contribution in [2.24, 2.45) is 10.4 Å². The largest absolute Gasteiger partial charge is 0.396 e. The van der Waals surface area contributed by atoms with Crippen LogP contribution >= 0.6 is 39.9 Å². The number of nitrogens with zero attached hydrogens (tertiary/aromatic N) is 2. The van der Waals surface area contributed by atoms with E-state index in [1.807, 2.05) is 0 Å². The van der Waals surface area contributed by atoms with Crippen LogP contribution in [0.4, 0.5) is 0 Å². The van der Waals surface area contributed by atoms with Gasteiger partial charge in [-0.05, 0) is 43.9 Å². The van der Waals surface area contributed by atoms with Gasteiger partial charge < -0.3 is 15.7 Å². The van der Waals surface area contributed by atoms with Gasteiger partial charge in [-0.25, -0.2) is 0 Å². The maximum Gasteiger partial charge on any atom is 0.191 e. The fourth-order valence-electron chi connectivity index (χ4n) is 3.14. The molecule has 1 heterocycles. The van der Waals surface area contributed by atoms with Crippen molar-refractivity contribution < 1.29 is 5.11 Å². The summed E-state index contributed by atoms with van der Waals surface area (Å²) in [6.07, 6.45) is 3.15. The second-order valence-electron chi connectivity index (χ2n) is 7.84. The Bertz CT molecular complexity index is 585. The fraction of sp³-hybridized carbons (Fsp3) is 0.667. The first-order valence-electron chi connectivity index (χ1n) is 10.1. The Hall–Kier alpha value is -0.380. The summed E-state index contributed by atoms with van der Waals surface area (Å²) in [5, 5.41) is 16.5. The van der Waals surface area contributed by atoms with Crippen molar-refractivity contribution in [3.05, 3.63) is 34.3 Å². The zero-order chi connectivity index (χ0) is 19.7. The molecule has 1 saturated heterocycles. The maximum atomic E-state index is 9.60. The van der Waals surface area contributed by atoms with Gasteiger partial charge in [0.1, 0.15) is 0 Å². The van der Waals surface area contributed by atoms with Crippen LogP contribution in [0.25, 0.3) is 0 Å². The molecule has 0 aliphatic carbocycles. The summed E-state index contributed by atoms with van der Waals surface area (Å²) in [5.41, 5.74) is 1.22. The van der Waals surface area contributed by atoms with Crippen molar-refractivity contribution in [2.45, 2.75) is 52.6 Å². The quantitative estimate of drug-likeness (QED) is 0.253. The number of rotatable bonds is 8. The van der Waals surface area contributed by atoms with E-state index in [-0.39, 0.29) is 36.0 Å². The average Bonchev–Trinajstić information content (AvgIpc) is 2.69. The molecule has 7 heteroatoms. The second-order valence-corrected chi connectivity index (χ2v) is 8.75. The Kier molecular flexibility index (Phi) is 11.9. The average molecular weight is 567 g/mol. The minimum Gasteiger partial charge on any atom is -0.396 e. The van der Waals surface area contributed by atoms with Gasteiger partial charge in [0, 0.05) is 42.1 Å². The van der Waals surface area contributed by atoms with E-state index in [2.05, 4.69) is 76.5 Å². The number of aliphatic hydroxyl groups excluding tert-OH is 1. The third kappa shape index (κ3) is 8.55. The van der Waals surface area contributed by atoms with Gasteiger partial charge in [0.15, 0.2) is 5.96 Å². The molecule has 1 aromatic rings. The normalized spacial score (nSPS) is 18.2. The lowest BCUT2D eigenvalue weighted by Gasteiger charge is -2.33. The van der Waals surface area contributed by atoms with Gasteiger partial charge in [-0.15, -0.1) is 24.0 Å². The highest BCUT2D eigenvalue weighted by atomic mass is 127. The van der Waals surface area contributed by atoms with Gasteiger partial charge >= 0.3 is 0 Å². The van der Waals surface area contributed by atoms with Crippen molar-refractivity contribution in [1.29, 1.82) is 0 Å². The van der Waals surface area contributed by atoms with Crippen LogP contribution in [0, 0.1) is 5.41 Å². The minimum atomic E-state index is -0.142. The van der Waals surface area contributed by atoms with Gasteiger partial charge in [0.05, 0.1) is 13.2 Å². The lowest BCUT2D eigenvalue weighted by Crippen LogP contribution is -2.48. The molecule has 0 radical (unpaired) electrons. The van der Waals surface area contributed by atoms with Crippen molar-refractivity contribution in [1.82, 2.24) is 15.5 Å². The van der Waals surface area contributed by atoms with Crippen LogP contribution in [0.5, 0.6) is 0 Å². The summed E-state index contributed by atoms with van der Waals surface area (Å²) in [4.78, 5) is 7.25. The SMILES string of the molecule is CCNC(=NCC(C)(CC)CO)NC1CCN(Cc2ccc(Br)cc2)CC1.I. The van der Waals surface area contributed by atoms with Crippen LogP contribution in [0.2, 0.25) is 0 Å². The molecule has 0 spiro atoms. The third-order valence-electron chi connectivity index (χ3n) is 5.45. The standard InChI is InChI=1S/C21H35BrN4O.HI/c1-4-21(3,16-27)15-24-20(23-5-2)25-19-10-12-26(13-11-19)14-17-6-8-18(22)9-7-17;/h6-9,19,27H,4-5,10-16H2,1-3H3,(H2,23,24,25);1H. The van der Waals surface area contributed by atoms with E-state index in [1.165, 1.54) is 5.56 Å². The Morgan fingerprint density at radius 3 is 2.43 bits per heavy atom. The van der Waals surface area contributed by atoms with Crippen molar-refractivity contribution in [3.63, 3.8) is 0 Å². The first-order chi connectivity index (χ1) is 13.0. The number of aliphatic imine (C=N–C) groups is 1. The molecule has 1 aromatic carbocycles. The number of halogens is 2. The second kappa shape index (κ2) is 13.0. The lowest BCUT2D eigenvalue weighted by atomic mass is 9.89. The minimum absolute atomic E-state index is 0. The van der Waals surface area contributed by atoms with Gasteiger partial charge in [0.25, 0.3) is 0 Å². The molecule has 5 nitrogen and oxygen atoms in total. The molecule has 1 unspecified atom stereocenters. The predicted molar refractivity (Wildman–Crippen MR) is 132 cm³/mol. The molecule has 0 bridgehead atoms. The number of hydrogen-bond donors (Lipinski definition) is 3. The number of likely N-dealkylation sites (tertiary alicyclic amines) is 1. The molecule has 0 saturated carbocycles. The zero-order valence-corrected chi connectivity index (χ0v) is 21.3. The first kappa shape index (κ1) is 25.7. The zero-order valence-electron chi connectivity index (χ0n) is 17.4. The van der Waals surface area contributed by atoms with Crippen molar-refractivity contribution in [2.75, 3.05) is 32.8 Å². The van der Waals surface area contributed by atoms with Crippen LogP contribution < -0.4 is 10.6 Å². The lowest BCUT2D eigenvalue weighted by molar-refractivity contribution is 0.145. The molecule has 0 amide bonds. The number of guanidine groups is 1. The predicted octanol–water partition coefficient (Wildman–Crippen LogP) is 4.00. The highest BCUT2D eigenvalue weighted by Crippen LogP contribution is 2.20. The number of hydrogen-bond acceptors (Lipinski definition) is 3. The number of nitrogens with one attached hydrogen (secondary N) is 2. The topological polar surface area (TPSA) is 59.9 Å². The van der Waals surface area contributed by atoms with E-state index in [0.29, 0.717) is 12.6 Å². The van der Waals surface area contributed by atoms with Gasteiger partial charge in [-0.2, -0.15) is 0 Å². The molecule has 160 valence electrons. The maximum absolute atomic E-state index is 9.60. The Labute approximate surface area is 195 Å². The molecular formula is C21H36BrIN4O. The summed E-state index contributed by atoms with van der Waals surface area (Å²) in [7, 11) is 0. The van der Waals surface area contributed by atoms with E-state index < -0.39 is 0 Å². The smallest absolute Gasteiger partial charge is 0.191 e. The Morgan fingerprint density at radius 1 is 1.25 bits per heavy atom. The highest BCUT2D eigenvalue weighted by molar-refractivity contribution is 14.0. The Balaban J connectivity index is 0.00000392. The van der Waals surface area contributed by atoms with E-state index in [1.54, 1.807) is 0 Å². The molecule has 2 rings (SSSR count). The van der Waals surface area contributed by atoms with E-state index >= 15 is 0 Å². The summed E-state index contributed by atoms with van der Waals surface area (Å²) < 4.78 is 1.13. The van der Waals surface area contributed by atoms with Crippen LogP contribution in [0.15, 0.2) is 33.7 Å². The summed E-state index contributed by atoms with van der Waals surface area (Å²) in [5.74, 6) is 0.872. The highest BCUT2D eigenvalue weighted by Gasteiger charge is 2.22. The molecule has 28 heavy (non-hydrogen) atoms. The fourth-order valence-corrected chi connectivity index (χ4v) is 3.40. The van der Waals surface area contributed by atoms with E-state index in [4.69, 9.17) is 4.99 Å². The van der Waals surface area contributed by atoms with Crippen LogP contribution in [0.3, 0.4) is 0 Å². The molecule has 1 atom stereocenters. The molecule has 1 aliphatic rings. The van der Waals surface area contributed by atoms with Crippen LogP contribution in [0.1, 0.15) is 45.6 Å². The van der Waals surface area contributed by atoms with Crippen molar-refractivity contribution in [3.8, 4) is 0 Å². The summed E-state index contributed by atoms with van der Waals surface area (Å²) in [6.45, 7) is 11.1. The number of aliphatic hydroxyl groups is 1. The van der Waals surface area contributed by atoms with Crippen LogP contribution in [-0.4, -0.2) is 54.8 Å². The van der Waals surface area contributed by atoms with Gasteiger partial charge in [0.2, 0.25) is 0 Å². The molecule has 0 aromatic heterocycles. The molecule has 1 aliphatic heterocycles. The number of piperidine rings is 1. The first-order valence-corrected chi connectivity index (χ1v) is 10.9. The van der Waals surface area contributed by atoms with E-state index in [0.717, 1.165) is 55.9 Å². The van der Waals surface area contributed by atoms with Gasteiger partial charge in [-0.1, -0.05) is 41.9 Å². The monoisotopic (exact) mass is 566 g/mol. The Morgan fingerprint density at radius 2 is 1.89 bits per heavy atom. The third-order valence-corrected chi connectivity index (χ3v) is 5.97. The molecule has 1 fully saturated rings. The van der Waals surface area contributed by atoms with E-state index in [9.17, 15) is 5.11 Å².